The molecule has 0 nitrogen and oxygen atoms in total. The van der Waals surface area contributed by atoms with E-state index in [1.165, 1.54) is 17.2 Å². The van der Waals surface area contributed by atoms with E-state index < -0.39 is 0 Å². The van der Waals surface area contributed by atoms with Crippen LogP contribution in [0.2, 0.25) is 0 Å². The Morgan fingerprint density at radius 1 is 1.50 bits per heavy atom. The second-order valence-corrected chi connectivity index (χ2v) is 4.01. The third kappa shape index (κ3) is 3.67. The number of hydrogen-bond donors (Lipinski definition) is 0. The lowest BCUT2D eigenvalue weighted by Gasteiger charge is -2.19. The Hall–Kier alpha value is 0.700. The highest BCUT2D eigenvalue weighted by molar-refractivity contribution is 8.68. The molecule has 0 fully saturated rings. The van der Waals surface area contributed by atoms with Crippen molar-refractivity contribution >= 4 is 22.5 Å². The Balaban J connectivity index is 3.37. The van der Waals surface area contributed by atoms with E-state index in [-0.39, 0.29) is 0 Å². The van der Waals surface area contributed by atoms with Crippen molar-refractivity contribution in [2.45, 2.75) is 27.2 Å². The van der Waals surface area contributed by atoms with Crippen LogP contribution in [0.25, 0.3) is 0 Å². The van der Waals surface area contributed by atoms with Gasteiger partial charge in [0.2, 0.25) is 0 Å². The smallest absolute Gasteiger partial charge is 0.00967 e. The normalized spacial score (nSPS) is 12.0. The lowest BCUT2D eigenvalue weighted by molar-refractivity contribution is 0.408. The molecule has 0 amide bonds. The Bertz CT molecular complexity index is 59.5. The van der Waals surface area contributed by atoms with Crippen molar-refractivity contribution in [3.63, 3.8) is 0 Å². The fraction of sp³-hybridized carbons (Fsp3) is 1.00. The van der Waals surface area contributed by atoms with Gasteiger partial charge in [-0.05, 0) is 17.1 Å². The SMILES string of the molecule is CCC(C)(C)CS[S]. The number of hydrogen-bond acceptors (Lipinski definition) is 1. The van der Waals surface area contributed by atoms with E-state index in [9.17, 15) is 0 Å². The molecule has 2 heteroatoms. The summed E-state index contributed by atoms with van der Waals surface area (Å²) in [5.74, 6) is 1.10. The van der Waals surface area contributed by atoms with Gasteiger partial charge in [-0.1, -0.05) is 38.0 Å². The van der Waals surface area contributed by atoms with Crippen LogP contribution in [-0.4, -0.2) is 5.75 Å². The molecule has 0 aromatic rings. The van der Waals surface area contributed by atoms with Crippen molar-refractivity contribution in [1.29, 1.82) is 0 Å². The standard InChI is InChI=1S/C6H13S2/c1-4-6(2,3)5-8-7/h4-5H2,1-3H3. The summed E-state index contributed by atoms with van der Waals surface area (Å²) in [4.78, 5) is 0. The zero-order valence-corrected chi connectivity index (χ0v) is 7.36. The maximum atomic E-state index is 4.78. The summed E-state index contributed by atoms with van der Waals surface area (Å²) in [5, 5.41) is 0. The fourth-order valence-electron chi connectivity index (χ4n) is 0.262. The van der Waals surface area contributed by atoms with Gasteiger partial charge in [0.05, 0.1) is 0 Å². The van der Waals surface area contributed by atoms with Crippen LogP contribution in [0.1, 0.15) is 27.2 Å². The molecular weight excluding hydrogens is 136 g/mol. The average molecular weight is 149 g/mol. The molecule has 0 saturated carbocycles. The highest BCUT2D eigenvalue weighted by atomic mass is 33.1. The van der Waals surface area contributed by atoms with E-state index in [1.54, 1.807) is 0 Å². The summed E-state index contributed by atoms with van der Waals surface area (Å²) in [5.41, 5.74) is 0.451. The molecule has 0 atom stereocenters. The van der Waals surface area contributed by atoms with E-state index in [0.717, 1.165) is 5.75 Å². The lowest BCUT2D eigenvalue weighted by Crippen LogP contribution is -2.11. The second kappa shape index (κ2) is 3.67. The molecule has 0 aliphatic rings. The first-order valence-corrected chi connectivity index (χ1v) is 4.78. The highest BCUT2D eigenvalue weighted by Crippen LogP contribution is 2.26. The molecule has 0 aliphatic heterocycles. The van der Waals surface area contributed by atoms with E-state index in [2.05, 4.69) is 20.8 Å². The molecule has 0 heterocycles. The van der Waals surface area contributed by atoms with Gasteiger partial charge in [0.15, 0.2) is 0 Å². The molecule has 49 valence electrons. The molecular formula is C6H13S2. The molecule has 0 spiro atoms. The van der Waals surface area contributed by atoms with Gasteiger partial charge in [-0.3, -0.25) is 0 Å². The molecule has 0 aromatic carbocycles. The molecule has 0 saturated heterocycles. The fourth-order valence-corrected chi connectivity index (χ4v) is 1.74. The molecule has 0 aromatic heterocycles. The Morgan fingerprint density at radius 3 is 2.12 bits per heavy atom. The maximum Gasteiger partial charge on any atom is 0.00967 e. The number of rotatable bonds is 3. The first-order chi connectivity index (χ1) is 3.62. The molecule has 0 bridgehead atoms. The van der Waals surface area contributed by atoms with Crippen LogP contribution >= 0.6 is 22.5 Å². The predicted octanol–water partition coefficient (Wildman–Crippen LogP) is 3.27. The van der Waals surface area contributed by atoms with Gasteiger partial charge >= 0.3 is 0 Å². The van der Waals surface area contributed by atoms with Crippen LogP contribution in [-0.2, 0) is 0 Å². The molecule has 8 heavy (non-hydrogen) atoms. The maximum absolute atomic E-state index is 4.78. The third-order valence-corrected chi connectivity index (χ3v) is 2.66. The first kappa shape index (κ1) is 8.70. The van der Waals surface area contributed by atoms with Crippen molar-refractivity contribution in [3.8, 4) is 0 Å². The summed E-state index contributed by atoms with van der Waals surface area (Å²) in [6, 6.07) is 0. The lowest BCUT2D eigenvalue weighted by atomic mass is 9.93. The van der Waals surface area contributed by atoms with Crippen LogP contribution < -0.4 is 0 Å². The van der Waals surface area contributed by atoms with Crippen LogP contribution in [0.3, 0.4) is 0 Å². The van der Waals surface area contributed by atoms with Gasteiger partial charge in [0.25, 0.3) is 0 Å². The summed E-state index contributed by atoms with van der Waals surface area (Å²) in [6.45, 7) is 6.68. The molecule has 0 aliphatic carbocycles. The summed E-state index contributed by atoms with van der Waals surface area (Å²) < 4.78 is 0. The minimum Gasteiger partial charge on any atom is -0.0812 e. The molecule has 0 unspecified atom stereocenters. The second-order valence-electron chi connectivity index (χ2n) is 2.78. The van der Waals surface area contributed by atoms with Gasteiger partial charge in [-0.2, -0.15) is 0 Å². The topological polar surface area (TPSA) is 0 Å². The monoisotopic (exact) mass is 149 g/mol. The largest absolute Gasteiger partial charge is 0.0812 e. The van der Waals surface area contributed by atoms with Gasteiger partial charge < -0.3 is 0 Å². The summed E-state index contributed by atoms with van der Waals surface area (Å²) in [6.07, 6.45) is 1.22. The quantitative estimate of drug-likeness (QED) is 0.555. The highest BCUT2D eigenvalue weighted by Gasteiger charge is 2.13. The van der Waals surface area contributed by atoms with Crippen LogP contribution in [0.5, 0.6) is 0 Å². The van der Waals surface area contributed by atoms with E-state index in [1.807, 2.05) is 0 Å². The van der Waals surface area contributed by atoms with Crippen molar-refractivity contribution in [1.82, 2.24) is 0 Å². The first-order valence-electron chi connectivity index (χ1n) is 2.87. The van der Waals surface area contributed by atoms with E-state index >= 15 is 0 Å². The molecule has 1 radical (unpaired) electrons. The van der Waals surface area contributed by atoms with Gasteiger partial charge in [-0.25, -0.2) is 0 Å². The van der Waals surface area contributed by atoms with Crippen LogP contribution in [0.4, 0.5) is 0 Å². The minimum absolute atomic E-state index is 0.451. The Labute approximate surface area is 61.2 Å². The zero-order valence-electron chi connectivity index (χ0n) is 5.73. The van der Waals surface area contributed by atoms with Gasteiger partial charge in [0, 0.05) is 5.75 Å². The van der Waals surface area contributed by atoms with Gasteiger partial charge in [-0.15, -0.1) is 0 Å². The van der Waals surface area contributed by atoms with E-state index in [4.69, 9.17) is 11.7 Å². The Kier molecular flexibility index (Phi) is 4.00. The molecule has 0 N–H and O–H groups in total. The van der Waals surface area contributed by atoms with Crippen LogP contribution in [0, 0.1) is 5.41 Å². The van der Waals surface area contributed by atoms with Crippen molar-refractivity contribution in [2.24, 2.45) is 5.41 Å². The molecule has 0 rings (SSSR count). The van der Waals surface area contributed by atoms with Crippen molar-refractivity contribution < 1.29 is 0 Å². The van der Waals surface area contributed by atoms with Crippen molar-refractivity contribution in [3.05, 3.63) is 0 Å². The minimum atomic E-state index is 0.451. The third-order valence-electron chi connectivity index (χ3n) is 1.41. The predicted molar refractivity (Wildman–Crippen MR) is 44.1 cm³/mol. The van der Waals surface area contributed by atoms with Crippen molar-refractivity contribution in [2.75, 3.05) is 5.75 Å². The average Bonchev–Trinajstić information content (AvgIpc) is 1.67. The van der Waals surface area contributed by atoms with Crippen LogP contribution in [0.15, 0.2) is 0 Å². The summed E-state index contributed by atoms with van der Waals surface area (Å²) >= 11 is 4.78. The Morgan fingerprint density at radius 2 is 2.00 bits per heavy atom. The van der Waals surface area contributed by atoms with Gasteiger partial charge in [0.1, 0.15) is 0 Å². The van der Waals surface area contributed by atoms with E-state index in [0.29, 0.717) is 5.41 Å². The zero-order chi connectivity index (χ0) is 6.62. The summed E-state index contributed by atoms with van der Waals surface area (Å²) in [7, 11) is 1.52.